The molecule has 20 heavy (non-hydrogen) atoms. The molecule has 4 nitrogen and oxygen atoms in total. The molecule has 0 spiro atoms. The third kappa shape index (κ3) is 3.90. The van der Waals surface area contributed by atoms with E-state index in [-0.39, 0.29) is 6.03 Å². The first-order valence-corrected chi connectivity index (χ1v) is 6.58. The summed E-state index contributed by atoms with van der Waals surface area (Å²) in [7, 11) is 0. The molecule has 0 radical (unpaired) electrons. The molecule has 0 bridgehead atoms. The number of nitrogen functional groups attached to an aromatic ring is 1. The third-order valence-electron chi connectivity index (χ3n) is 2.80. The quantitative estimate of drug-likeness (QED) is 0.756. The minimum Gasteiger partial charge on any atom is -0.397 e. The van der Waals surface area contributed by atoms with Gasteiger partial charge in [0, 0.05) is 11.6 Å². The van der Waals surface area contributed by atoms with Gasteiger partial charge in [-0.05, 0) is 42.3 Å². The summed E-state index contributed by atoms with van der Waals surface area (Å²) >= 11 is 5.88. The van der Waals surface area contributed by atoms with Crippen molar-refractivity contribution in [2.45, 2.75) is 13.5 Å². The van der Waals surface area contributed by atoms with Crippen LogP contribution in [0.15, 0.2) is 42.5 Å². The molecule has 0 saturated carbocycles. The van der Waals surface area contributed by atoms with E-state index in [4.69, 9.17) is 17.3 Å². The highest BCUT2D eigenvalue weighted by molar-refractivity contribution is 6.30. The number of carbonyl (C=O) groups is 1. The van der Waals surface area contributed by atoms with Crippen molar-refractivity contribution in [3.8, 4) is 0 Å². The molecular weight excluding hydrogens is 274 g/mol. The number of halogens is 1. The van der Waals surface area contributed by atoms with E-state index in [0.717, 1.165) is 11.1 Å². The molecule has 0 aliphatic carbocycles. The Morgan fingerprint density at radius 3 is 2.80 bits per heavy atom. The number of carbonyl (C=O) groups excluding carboxylic acids is 1. The summed E-state index contributed by atoms with van der Waals surface area (Å²) in [5.74, 6) is 0. The van der Waals surface area contributed by atoms with E-state index in [1.807, 2.05) is 37.3 Å². The molecule has 2 aromatic carbocycles. The van der Waals surface area contributed by atoms with E-state index < -0.39 is 0 Å². The highest BCUT2D eigenvalue weighted by atomic mass is 35.5. The van der Waals surface area contributed by atoms with Crippen LogP contribution in [0.2, 0.25) is 5.02 Å². The van der Waals surface area contributed by atoms with Gasteiger partial charge in [-0.2, -0.15) is 0 Å². The molecule has 5 heteroatoms. The smallest absolute Gasteiger partial charge is 0.319 e. The Kier molecular flexibility index (Phi) is 4.48. The second-order valence-electron chi connectivity index (χ2n) is 4.53. The average Bonchev–Trinajstić information content (AvgIpc) is 2.41. The minimum atomic E-state index is -0.303. The number of benzene rings is 2. The second-order valence-corrected chi connectivity index (χ2v) is 4.96. The summed E-state index contributed by atoms with van der Waals surface area (Å²) in [6.45, 7) is 2.34. The van der Waals surface area contributed by atoms with Gasteiger partial charge >= 0.3 is 6.03 Å². The fourth-order valence-electron chi connectivity index (χ4n) is 1.77. The summed E-state index contributed by atoms with van der Waals surface area (Å²) in [6.07, 6.45) is 0. The van der Waals surface area contributed by atoms with Crippen LogP contribution in [-0.2, 0) is 6.54 Å². The minimum absolute atomic E-state index is 0.303. The molecule has 0 fully saturated rings. The van der Waals surface area contributed by atoms with Gasteiger partial charge in [0.1, 0.15) is 0 Å². The molecule has 0 aromatic heterocycles. The summed E-state index contributed by atoms with van der Waals surface area (Å²) in [5.41, 5.74) is 8.91. The lowest BCUT2D eigenvalue weighted by Crippen LogP contribution is -2.28. The van der Waals surface area contributed by atoms with Gasteiger partial charge in [-0.15, -0.1) is 0 Å². The average molecular weight is 290 g/mol. The molecule has 2 amide bonds. The number of nitrogens with two attached hydrogens (primary N) is 1. The SMILES string of the molecule is Cc1ccc(N)c(NC(=O)NCc2cccc(Cl)c2)c1. The standard InChI is InChI=1S/C15H16ClN3O/c1-10-5-6-13(17)14(7-10)19-15(20)18-9-11-3-2-4-12(16)8-11/h2-8H,9,17H2,1H3,(H2,18,19,20). The van der Waals surface area contributed by atoms with Crippen LogP contribution in [0.5, 0.6) is 0 Å². The van der Waals surface area contributed by atoms with E-state index in [2.05, 4.69) is 10.6 Å². The number of nitrogens with one attached hydrogen (secondary N) is 2. The van der Waals surface area contributed by atoms with Crippen LogP contribution < -0.4 is 16.4 Å². The fraction of sp³-hybridized carbons (Fsp3) is 0.133. The van der Waals surface area contributed by atoms with E-state index >= 15 is 0 Å². The van der Waals surface area contributed by atoms with Crippen molar-refractivity contribution in [3.05, 3.63) is 58.6 Å². The molecule has 2 aromatic rings. The van der Waals surface area contributed by atoms with Gasteiger partial charge in [0.15, 0.2) is 0 Å². The predicted molar refractivity (Wildman–Crippen MR) is 82.9 cm³/mol. The Morgan fingerprint density at radius 1 is 1.25 bits per heavy atom. The number of urea groups is 1. The lowest BCUT2D eigenvalue weighted by atomic mass is 10.2. The number of rotatable bonds is 3. The van der Waals surface area contributed by atoms with Gasteiger partial charge in [0.05, 0.1) is 11.4 Å². The van der Waals surface area contributed by atoms with E-state index in [0.29, 0.717) is 22.9 Å². The van der Waals surface area contributed by atoms with Crippen LogP contribution in [0.3, 0.4) is 0 Å². The molecule has 0 heterocycles. The van der Waals surface area contributed by atoms with Crippen molar-refractivity contribution in [1.82, 2.24) is 5.32 Å². The maximum Gasteiger partial charge on any atom is 0.319 e. The Bertz CT molecular complexity index is 628. The summed E-state index contributed by atoms with van der Waals surface area (Å²) in [5, 5.41) is 6.13. The van der Waals surface area contributed by atoms with Crippen molar-refractivity contribution < 1.29 is 4.79 Å². The lowest BCUT2D eigenvalue weighted by molar-refractivity contribution is 0.252. The predicted octanol–water partition coefficient (Wildman–Crippen LogP) is 3.55. The van der Waals surface area contributed by atoms with E-state index in [1.165, 1.54) is 0 Å². The van der Waals surface area contributed by atoms with Gasteiger partial charge in [0.2, 0.25) is 0 Å². The Hall–Kier alpha value is -2.20. The summed E-state index contributed by atoms with van der Waals surface area (Å²) in [4.78, 5) is 11.8. The van der Waals surface area contributed by atoms with Gasteiger partial charge < -0.3 is 16.4 Å². The zero-order chi connectivity index (χ0) is 14.5. The molecule has 2 rings (SSSR count). The number of amides is 2. The zero-order valence-corrected chi connectivity index (χ0v) is 11.9. The maximum atomic E-state index is 11.8. The second kappa shape index (κ2) is 6.30. The molecule has 0 unspecified atom stereocenters. The topological polar surface area (TPSA) is 67.1 Å². The number of aryl methyl sites for hydroxylation is 1. The first-order valence-electron chi connectivity index (χ1n) is 6.20. The number of hydrogen-bond acceptors (Lipinski definition) is 2. The fourth-order valence-corrected chi connectivity index (χ4v) is 1.99. The van der Waals surface area contributed by atoms with Gasteiger partial charge in [0.25, 0.3) is 0 Å². The number of anilines is 2. The van der Waals surface area contributed by atoms with Crippen molar-refractivity contribution in [2.75, 3.05) is 11.1 Å². The Balaban J connectivity index is 1.94. The molecule has 0 atom stereocenters. The van der Waals surface area contributed by atoms with E-state index in [9.17, 15) is 4.79 Å². The third-order valence-corrected chi connectivity index (χ3v) is 3.03. The van der Waals surface area contributed by atoms with Crippen LogP contribution in [0.25, 0.3) is 0 Å². The van der Waals surface area contributed by atoms with Crippen LogP contribution in [0.1, 0.15) is 11.1 Å². The van der Waals surface area contributed by atoms with Crippen LogP contribution in [0.4, 0.5) is 16.2 Å². The van der Waals surface area contributed by atoms with Crippen LogP contribution >= 0.6 is 11.6 Å². The normalized spacial score (nSPS) is 10.1. The highest BCUT2D eigenvalue weighted by Crippen LogP contribution is 2.19. The molecule has 104 valence electrons. The Morgan fingerprint density at radius 2 is 2.05 bits per heavy atom. The van der Waals surface area contributed by atoms with Crippen molar-refractivity contribution in [2.24, 2.45) is 0 Å². The van der Waals surface area contributed by atoms with Crippen LogP contribution in [-0.4, -0.2) is 6.03 Å². The summed E-state index contributed by atoms with van der Waals surface area (Å²) < 4.78 is 0. The molecule has 0 aliphatic rings. The largest absolute Gasteiger partial charge is 0.397 e. The van der Waals surface area contributed by atoms with E-state index in [1.54, 1.807) is 12.1 Å². The molecule has 0 saturated heterocycles. The molecule has 0 aliphatic heterocycles. The molecular formula is C15H16ClN3O. The first-order chi connectivity index (χ1) is 9.54. The zero-order valence-electron chi connectivity index (χ0n) is 11.1. The van der Waals surface area contributed by atoms with Crippen molar-refractivity contribution in [1.29, 1.82) is 0 Å². The maximum absolute atomic E-state index is 11.8. The monoisotopic (exact) mass is 289 g/mol. The number of hydrogen-bond donors (Lipinski definition) is 3. The van der Waals surface area contributed by atoms with Crippen LogP contribution in [0, 0.1) is 6.92 Å². The lowest BCUT2D eigenvalue weighted by Gasteiger charge is -2.10. The summed E-state index contributed by atoms with van der Waals surface area (Å²) in [6, 6.07) is 12.5. The Labute approximate surface area is 122 Å². The van der Waals surface area contributed by atoms with Gasteiger partial charge in [-0.1, -0.05) is 29.8 Å². The highest BCUT2D eigenvalue weighted by Gasteiger charge is 2.05. The first kappa shape index (κ1) is 14.2. The van der Waals surface area contributed by atoms with Crippen molar-refractivity contribution >= 4 is 29.0 Å². The van der Waals surface area contributed by atoms with Gasteiger partial charge in [-0.3, -0.25) is 0 Å². The van der Waals surface area contributed by atoms with Gasteiger partial charge in [-0.25, -0.2) is 4.79 Å². The molecule has 4 N–H and O–H groups in total. The van der Waals surface area contributed by atoms with Crippen molar-refractivity contribution in [3.63, 3.8) is 0 Å².